The lowest BCUT2D eigenvalue weighted by Gasteiger charge is -2.15. The summed E-state index contributed by atoms with van der Waals surface area (Å²) in [5, 5.41) is 2.75. The molecule has 0 heterocycles. The molecule has 0 aromatic heterocycles. The Morgan fingerprint density at radius 1 is 1.22 bits per heavy atom. The van der Waals surface area contributed by atoms with Crippen LogP contribution in [0.2, 0.25) is 0 Å². The van der Waals surface area contributed by atoms with E-state index >= 15 is 0 Å². The van der Waals surface area contributed by atoms with Gasteiger partial charge in [-0.3, -0.25) is 4.79 Å². The van der Waals surface area contributed by atoms with Crippen LogP contribution in [0.25, 0.3) is 0 Å². The van der Waals surface area contributed by atoms with Crippen LogP contribution in [-0.4, -0.2) is 34.0 Å². The van der Waals surface area contributed by atoms with Crippen LogP contribution in [0, 0.1) is 0 Å². The van der Waals surface area contributed by atoms with Gasteiger partial charge in [0.25, 0.3) is 5.91 Å². The van der Waals surface area contributed by atoms with Crippen molar-refractivity contribution in [3.63, 3.8) is 0 Å². The Balaban J connectivity index is 1.74. The van der Waals surface area contributed by atoms with E-state index in [2.05, 4.69) is 10.0 Å². The highest BCUT2D eigenvalue weighted by Crippen LogP contribution is 2.28. The zero-order valence-corrected chi connectivity index (χ0v) is 15.8. The smallest absolute Gasteiger partial charge is 0.251 e. The maximum Gasteiger partial charge on any atom is 0.251 e. The number of sulfonamides is 1. The molecule has 0 aliphatic heterocycles. The van der Waals surface area contributed by atoms with Gasteiger partial charge in [-0.2, -0.15) is 0 Å². The van der Waals surface area contributed by atoms with Gasteiger partial charge < -0.3 is 15.8 Å². The van der Waals surface area contributed by atoms with Crippen LogP contribution in [0.5, 0.6) is 5.75 Å². The summed E-state index contributed by atoms with van der Waals surface area (Å²) in [6.07, 6.45) is 1.64. The third-order valence-corrected chi connectivity index (χ3v) is 5.87. The Morgan fingerprint density at radius 3 is 2.56 bits per heavy atom. The number of amides is 1. The van der Waals surface area contributed by atoms with E-state index in [1.165, 1.54) is 25.3 Å². The third-order valence-electron chi connectivity index (χ3n) is 4.32. The molecule has 0 bridgehead atoms. The minimum absolute atomic E-state index is 0.0407. The summed E-state index contributed by atoms with van der Waals surface area (Å²) in [6, 6.07) is 13.4. The Bertz CT molecular complexity index is 912. The van der Waals surface area contributed by atoms with Crippen molar-refractivity contribution in [1.82, 2.24) is 10.0 Å². The van der Waals surface area contributed by atoms with Gasteiger partial charge in [0.15, 0.2) is 0 Å². The molecule has 2 aromatic carbocycles. The van der Waals surface area contributed by atoms with E-state index in [0.717, 1.165) is 18.4 Å². The number of nitrogens with one attached hydrogen (secondary N) is 2. The molecule has 1 saturated carbocycles. The predicted molar refractivity (Wildman–Crippen MR) is 102 cm³/mol. The summed E-state index contributed by atoms with van der Waals surface area (Å²) in [6.45, 7) is 0.233. The molecule has 1 amide bonds. The van der Waals surface area contributed by atoms with E-state index in [-0.39, 0.29) is 34.8 Å². The lowest BCUT2D eigenvalue weighted by Crippen LogP contribution is -2.32. The Hall–Kier alpha value is -2.42. The first-order chi connectivity index (χ1) is 12.9. The van der Waals surface area contributed by atoms with Crippen LogP contribution in [0.15, 0.2) is 53.4 Å². The summed E-state index contributed by atoms with van der Waals surface area (Å²) in [5.74, 6) is -0.201. The third kappa shape index (κ3) is 4.85. The lowest BCUT2D eigenvalue weighted by molar-refractivity contribution is 0.0951. The normalized spacial score (nSPS) is 15.2. The standard InChI is InChI=1S/C19H23N3O4S/c1-26-17-10-7-14(11-18(17)27(24,25)22-15-8-9-15)19(23)21-12-16(20)13-5-3-2-4-6-13/h2-7,10-11,15-16,22H,8-9,12,20H2,1H3,(H,21,23). The van der Waals surface area contributed by atoms with E-state index in [1.54, 1.807) is 0 Å². The number of carbonyl (C=O) groups excluding carboxylic acids is 1. The molecular formula is C19H23N3O4S. The van der Waals surface area contributed by atoms with Crippen LogP contribution >= 0.6 is 0 Å². The van der Waals surface area contributed by atoms with Gasteiger partial charge in [0.2, 0.25) is 10.0 Å². The fourth-order valence-electron chi connectivity index (χ4n) is 2.63. The van der Waals surface area contributed by atoms with E-state index < -0.39 is 15.9 Å². The SMILES string of the molecule is COc1ccc(C(=O)NCC(N)c2ccccc2)cc1S(=O)(=O)NC1CC1. The summed E-state index contributed by atoms with van der Waals surface area (Å²) in [4.78, 5) is 12.4. The minimum Gasteiger partial charge on any atom is -0.495 e. The highest BCUT2D eigenvalue weighted by Gasteiger charge is 2.30. The Labute approximate surface area is 159 Å². The molecule has 4 N–H and O–H groups in total. The number of nitrogens with two attached hydrogens (primary N) is 1. The molecule has 3 rings (SSSR count). The van der Waals surface area contributed by atoms with Crippen molar-refractivity contribution >= 4 is 15.9 Å². The molecule has 7 nitrogen and oxygen atoms in total. The molecule has 1 unspecified atom stereocenters. The molecule has 1 aliphatic carbocycles. The maximum atomic E-state index is 12.5. The van der Waals surface area contributed by atoms with Crippen LogP contribution in [0.4, 0.5) is 0 Å². The molecule has 0 spiro atoms. The second-order valence-corrected chi connectivity index (χ2v) is 8.17. The van der Waals surface area contributed by atoms with Crippen molar-refractivity contribution in [3.05, 3.63) is 59.7 Å². The van der Waals surface area contributed by atoms with E-state index in [9.17, 15) is 13.2 Å². The van der Waals surface area contributed by atoms with E-state index in [1.807, 2.05) is 30.3 Å². The highest BCUT2D eigenvalue weighted by atomic mass is 32.2. The van der Waals surface area contributed by atoms with E-state index in [0.29, 0.717) is 0 Å². The molecule has 8 heteroatoms. The van der Waals surface area contributed by atoms with Gasteiger partial charge in [0, 0.05) is 24.2 Å². The first-order valence-corrected chi connectivity index (χ1v) is 10.2. The quantitative estimate of drug-likeness (QED) is 0.635. The zero-order chi connectivity index (χ0) is 19.4. The average molecular weight is 389 g/mol. The van der Waals surface area contributed by atoms with E-state index in [4.69, 9.17) is 10.5 Å². The fraction of sp³-hybridized carbons (Fsp3) is 0.316. The van der Waals surface area contributed by atoms with Gasteiger partial charge in [-0.15, -0.1) is 0 Å². The van der Waals surface area contributed by atoms with Gasteiger partial charge in [0.05, 0.1) is 7.11 Å². The van der Waals surface area contributed by atoms with Crippen molar-refractivity contribution < 1.29 is 17.9 Å². The number of carbonyl (C=O) groups is 1. The van der Waals surface area contributed by atoms with Crippen molar-refractivity contribution in [3.8, 4) is 5.75 Å². The average Bonchev–Trinajstić information content (AvgIpc) is 3.49. The number of ether oxygens (including phenoxy) is 1. The predicted octanol–water partition coefficient (Wildman–Crippen LogP) is 1.57. The second kappa shape index (κ2) is 8.08. The van der Waals surface area contributed by atoms with Crippen molar-refractivity contribution in [2.24, 2.45) is 5.73 Å². The van der Waals surface area contributed by atoms with Crippen LogP contribution in [-0.2, 0) is 10.0 Å². The first-order valence-electron chi connectivity index (χ1n) is 8.70. The highest BCUT2D eigenvalue weighted by molar-refractivity contribution is 7.89. The van der Waals surface area contributed by atoms with Crippen molar-refractivity contribution in [2.75, 3.05) is 13.7 Å². The molecule has 1 aliphatic rings. The monoisotopic (exact) mass is 389 g/mol. The maximum absolute atomic E-state index is 12.5. The largest absolute Gasteiger partial charge is 0.495 e. The Kier molecular flexibility index (Phi) is 5.79. The van der Waals surface area contributed by atoms with Crippen molar-refractivity contribution in [1.29, 1.82) is 0 Å². The van der Waals surface area contributed by atoms with Crippen molar-refractivity contribution in [2.45, 2.75) is 29.8 Å². The summed E-state index contributed by atoms with van der Waals surface area (Å²) in [7, 11) is -2.36. The Morgan fingerprint density at radius 2 is 1.93 bits per heavy atom. The summed E-state index contributed by atoms with van der Waals surface area (Å²) >= 11 is 0. The van der Waals surface area contributed by atoms with Gasteiger partial charge in [-0.1, -0.05) is 30.3 Å². The minimum atomic E-state index is -3.75. The van der Waals surface area contributed by atoms with Crippen LogP contribution < -0.4 is 20.5 Å². The fourth-order valence-corrected chi connectivity index (χ4v) is 4.13. The van der Waals surface area contributed by atoms with Crippen LogP contribution in [0.3, 0.4) is 0 Å². The molecule has 144 valence electrons. The molecular weight excluding hydrogens is 366 g/mol. The zero-order valence-electron chi connectivity index (χ0n) is 15.0. The topological polar surface area (TPSA) is 111 Å². The molecule has 1 fully saturated rings. The van der Waals surface area contributed by atoms with Gasteiger partial charge in [-0.05, 0) is 36.6 Å². The van der Waals surface area contributed by atoms with Gasteiger partial charge in [-0.25, -0.2) is 13.1 Å². The summed E-state index contributed by atoms with van der Waals surface area (Å²) in [5.41, 5.74) is 7.22. The second-order valence-electron chi connectivity index (χ2n) is 6.49. The lowest BCUT2D eigenvalue weighted by atomic mass is 10.1. The molecule has 0 saturated heterocycles. The first kappa shape index (κ1) is 19.3. The van der Waals surface area contributed by atoms with Crippen LogP contribution in [0.1, 0.15) is 34.8 Å². The number of benzene rings is 2. The number of methoxy groups -OCH3 is 1. The number of hydrogen-bond acceptors (Lipinski definition) is 5. The number of hydrogen-bond donors (Lipinski definition) is 3. The molecule has 1 atom stereocenters. The van der Waals surface area contributed by atoms with Gasteiger partial charge >= 0.3 is 0 Å². The number of rotatable bonds is 8. The van der Waals surface area contributed by atoms with Gasteiger partial charge in [0.1, 0.15) is 10.6 Å². The molecule has 2 aromatic rings. The molecule has 0 radical (unpaired) electrons. The molecule has 27 heavy (non-hydrogen) atoms. The summed E-state index contributed by atoms with van der Waals surface area (Å²) < 4.78 is 32.8.